The Morgan fingerprint density at radius 3 is 2.43 bits per heavy atom. The number of nitrogens with two attached hydrogens (primary N) is 2. The van der Waals surface area contributed by atoms with E-state index in [4.69, 9.17) is 25.7 Å². The summed E-state index contributed by atoms with van der Waals surface area (Å²) in [6.45, 7) is -0.591. The summed E-state index contributed by atoms with van der Waals surface area (Å²) in [7, 11) is 1.27. The highest BCUT2D eigenvalue weighted by molar-refractivity contribution is 5.65. The standard InChI is InChI=1S/C14H20N2O7/c1-21-14(7-2-4-8(15)5-3-7)12(19)11(22-13(16)20)10(18)9(6-17)23-14/h2-5,9-12,17-19H,6,15H2,1H3,(H2,16,20)/t9-,10+,11+,12-,14-/m1/s1. The first-order chi connectivity index (χ1) is 10.9. The highest BCUT2D eigenvalue weighted by atomic mass is 16.7. The summed E-state index contributed by atoms with van der Waals surface area (Å²) < 4.78 is 15.7. The topological polar surface area (TPSA) is 157 Å². The summed E-state index contributed by atoms with van der Waals surface area (Å²) in [6, 6.07) is 6.23. The highest BCUT2D eigenvalue weighted by Gasteiger charge is 2.57. The fourth-order valence-electron chi connectivity index (χ4n) is 2.63. The van der Waals surface area contributed by atoms with Gasteiger partial charge in [0.1, 0.15) is 12.2 Å². The summed E-state index contributed by atoms with van der Waals surface area (Å²) in [5.74, 6) is -1.78. The molecular formula is C14H20N2O7. The number of hydrogen-bond donors (Lipinski definition) is 5. The Kier molecular flexibility index (Phi) is 5.07. The van der Waals surface area contributed by atoms with Crippen LogP contribution in [0.25, 0.3) is 0 Å². The van der Waals surface area contributed by atoms with Gasteiger partial charge in [-0.3, -0.25) is 0 Å². The number of benzene rings is 1. The molecule has 9 heteroatoms. The first-order valence-corrected chi connectivity index (χ1v) is 6.87. The molecule has 1 aliphatic heterocycles. The van der Waals surface area contributed by atoms with Crippen molar-refractivity contribution in [1.29, 1.82) is 0 Å². The molecule has 1 aliphatic rings. The van der Waals surface area contributed by atoms with Crippen LogP contribution in [0, 0.1) is 0 Å². The second-order valence-electron chi connectivity index (χ2n) is 5.17. The third kappa shape index (κ3) is 3.09. The molecule has 0 saturated carbocycles. The van der Waals surface area contributed by atoms with Gasteiger partial charge < -0.3 is 41.0 Å². The first-order valence-electron chi connectivity index (χ1n) is 6.87. The van der Waals surface area contributed by atoms with Crippen LogP contribution < -0.4 is 11.5 Å². The second kappa shape index (κ2) is 6.69. The molecule has 0 spiro atoms. The number of ether oxygens (including phenoxy) is 3. The van der Waals surface area contributed by atoms with Crippen molar-refractivity contribution in [2.75, 3.05) is 19.5 Å². The number of nitrogen functional groups attached to an aromatic ring is 1. The number of carbonyl (C=O) groups is 1. The average Bonchev–Trinajstić information content (AvgIpc) is 2.53. The maximum absolute atomic E-state index is 11.1. The van der Waals surface area contributed by atoms with Gasteiger partial charge in [-0.15, -0.1) is 0 Å². The minimum absolute atomic E-state index is 0.366. The molecule has 0 bridgehead atoms. The van der Waals surface area contributed by atoms with E-state index in [1.165, 1.54) is 7.11 Å². The molecule has 0 aliphatic carbocycles. The smallest absolute Gasteiger partial charge is 0.404 e. The molecule has 1 fully saturated rings. The molecule has 1 amide bonds. The van der Waals surface area contributed by atoms with Crippen molar-refractivity contribution in [3.8, 4) is 0 Å². The van der Waals surface area contributed by atoms with Gasteiger partial charge in [-0.1, -0.05) is 12.1 Å². The number of anilines is 1. The molecule has 1 aromatic carbocycles. The Morgan fingerprint density at radius 1 is 1.35 bits per heavy atom. The summed E-state index contributed by atoms with van der Waals surface area (Å²) in [4.78, 5) is 11.1. The van der Waals surface area contributed by atoms with Gasteiger partial charge in [0.2, 0.25) is 5.79 Å². The lowest BCUT2D eigenvalue weighted by Crippen LogP contribution is -2.65. The van der Waals surface area contributed by atoms with Gasteiger partial charge in [-0.25, -0.2) is 4.79 Å². The van der Waals surface area contributed by atoms with Crippen LogP contribution in [-0.4, -0.2) is 59.5 Å². The minimum Gasteiger partial charge on any atom is -0.440 e. The van der Waals surface area contributed by atoms with Gasteiger partial charge >= 0.3 is 6.09 Å². The largest absolute Gasteiger partial charge is 0.440 e. The molecule has 0 aromatic heterocycles. The Labute approximate surface area is 132 Å². The number of aliphatic hydroxyl groups is 3. The number of methoxy groups -OCH3 is 1. The molecule has 1 heterocycles. The average molecular weight is 328 g/mol. The fourth-order valence-corrected chi connectivity index (χ4v) is 2.63. The monoisotopic (exact) mass is 328 g/mol. The lowest BCUT2D eigenvalue weighted by atomic mass is 9.87. The van der Waals surface area contributed by atoms with Crippen molar-refractivity contribution in [3.63, 3.8) is 0 Å². The Morgan fingerprint density at radius 2 is 1.96 bits per heavy atom. The number of hydrogen-bond acceptors (Lipinski definition) is 8. The highest BCUT2D eigenvalue weighted by Crippen LogP contribution is 2.40. The number of amides is 1. The van der Waals surface area contributed by atoms with E-state index in [-0.39, 0.29) is 0 Å². The van der Waals surface area contributed by atoms with Gasteiger partial charge in [0.15, 0.2) is 12.2 Å². The van der Waals surface area contributed by atoms with E-state index in [0.717, 1.165) is 0 Å². The Hall–Kier alpha value is -1.91. The zero-order chi connectivity index (χ0) is 17.2. The van der Waals surface area contributed by atoms with Crippen molar-refractivity contribution in [1.82, 2.24) is 0 Å². The van der Waals surface area contributed by atoms with Crippen molar-refractivity contribution < 1.29 is 34.3 Å². The number of primary amides is 1. The molecule has 1 saturated heterocycles. The van der Waals surface area contributed by atoms with E-state index in [1.807, 2.05) is 0 Å². The molecule has 0 radical (unpaired) electrons. The van der Waals surface area contributed by atoms with Crippen molar-refractivity contribution in [2.45, 2.75) is 30.2 Å². The van der Waals surface area contributed by atoms with Crippen LogP contribution in [-0.2, 0) is 20.0 Å². The summed E-state index contributed by atoms with van der Waals surface area (Å²) >= 11 is 0. The first kappa shape index (κ1) is 17.4. The molecule has 7 N–H and O–H groups in total. The van der Waals surface area contributed by atoms with E-state index in [9.17, 15) is 20.1 Å². The third-order valence-electron chi connectivity index (χ3n) is 3.79. The van der Waals surface area contributed by atoms with Crippen LogP contribution in [0.1, 0.15) is 5.56 Å². The predicted molar refractivity (Wildman–Crippen MR) is 78.0 cm³/mol. The van der Waals surface area contributed by atoms with Crippen molar-refractivity contribution >= 4 is 11.8 Å². The van der Waals surface area contributed by atoms with Gasteiger partial charge in [0, 0.05) is 18.4 Å². The molecular weight excluding hydrogens is 308 g/mol. The predicted octanol–water partition coefficient (Wildman–Crippen LogP) is -1.36. The van der Waals surface area contributed by atoms with Gasteiger partial charge in [0.25, 0.3) is 0 Å². The summed E-state index contributed by atoms with van der Waals surface area (Å²) in [5, 5.41) is 30.1. The zero-order valence-corrected chi connectivity index (χ0v) is 12.5. The molecule has 9 nitrogen and oxygen atoms in total. The van der Waals surface area contributed by atoms with Crippen molar-refractivity contribution in [2.24, 2.45) is 5.73 Å². The molecule has 128 valence electrons. The van der Waals surface area contributed by atoms with Crippen LogP contribution in [0.4, 0.5) is 10.5 Å². The quantitative estimate of drug-likeness (QED) is 0.424. The van der Waals surface area contributed by atoms with Crippen LogP contribution >= 0.6 is 0 Å². The van der Waals surface area contributed by atoms with Gasteiger partial charge in [-0.05, 0) is 12.1 Å². The molecule has 1 aromatic rings. The normalized spacial score (nSPS) is 34.1. The number of carbonyl (C=O) groups excluding carboxylic acids is 1. The van der Waals surface area contributed by atoms with E-state index in [0.29, 0.717) is 11.3 Å². The van der Waals surface area contributed by atoms with E-state index < -0.39 is 42.9 Å². The molecule has 0 unspecified atom stereocenters. The maximum atomic E-state index is 11.1. The van der Waals surface area contributed by atoms with E-state index >= 15 is 0 Å². The zero-order valence-electron chi connectivity index (χ0n) is 12.5. The van der Waals surface area contributed by atoms with Gasteiger partial charge in [0.05, 0.1) is 6.61 Å². The lowest BCUT2D eigenvalue weighted by molar-refractivity contribution is -0.365. The van der Waals surface area contributed by atoms with E-state index in [2.05, 4.69) is 0 Å². The van der Waals surface area contributed by atoms with Crippen molar-refractivity contribution in [3.05, 3.63) is 29.8 Å². The second-order valence-corrected chi connectivity index (χ2v) is 5.17. The fraction of sp³-hybridized carbons (Fsp3) is 0.500. The number of rotatable bonds is 4. The third-order valence-corrected chi connectivity index (χ3v) is 3.79. The van der Waals surface area contributed by atoms with E-state index in [1.54, 1.807) is 24.3 Å². The summed E-state index contributed by atoms with van der Waals surface area (Å²) in [5.41, 5.74) is 11.5. The van der Waals surface area contributed by atoms with Crippen LogP contribution in [0.3, 0.4) is 0 Å². The lowest BCUT2D eigenvalue weighted by Gasteiger charge is -2.48. The van der Waals surface area contributed by atoms with Crippen LogP contribution in [0.2, 0.25) is 0 Å². The summed E-state index contributed by atoms with van der Waals surface area (Å²) in [6.07, 6.45) is -6.88. The Bertz CT molecular complexity index is 553. The van der Waals surface area contributed by atoms with Gasteiger partial charge in [-0.2, -0.15) is 0 Å². The maximum Gasteiger partial charge on any atom is 0.404 e. The molecule has 2 rings (SSSR count). The molecule has 23 heavy (non-hydrogen) atoms. The molecule has 5 atom stereocenters. The SMILES string of the molecule is CO[C@]1(c2ccc(N)cc2)O[C@H](CO)[C@H](O)[C@H](OC(N)=O)[C@H]1O. The van der Waals surface area contributed by atoms with Crippen LogP contribution in [0.5, 0.6) is 0 Å². The van der Waals surface area contributed by atoms with Crippen LogP contribution in [0.15, 0.2) is 24.3 Å². The minimum atomic E-state index is -1.78. The Balaban J connectivity index is 2.47. The number of aliphatic hydroxyl groups excluding tert-OH is 3.